The van der Waals surface area contributed by atoms with Crippen molar-refractivity contribution in [2.75, 3.05) is 33.7 Å². The lowest BCUT2D eigenvalue weighted by Crippen LogP contribution is -2.48. The molecule has 11 heteroatoms. The summed E-state index contributed by atoms with van der Waals surface area (Å²) in [6.45, 7) is 6.43. The van der Waals surface area contributed by atoms with Crippen LogP contribution in [0.2, 0.25) is 0 Å². The van der Waals surface area contributed by atoms with Gasteiger partial charge in [0.15, 0.2) is 0 Å². The molecule has 0 radical (unpaired) electrons. The van der Waals surface area contributed by atoms with Gasteiger partial charge in [-0.05, 0) is 80.4 Å². The number of amides is 2. The number of nitrogens with one attached hydrogen (secondary N) is 2. The fraction of sp³-hybridized carbons (Fsp3) is 0.378. The highest BCUT2D eigenvalue weighted by molar-refractivity contribution is 6.01. The Morgan fingerprint density at radius 2 is 1.60 bits per heavy atom. The van der Waals surface area contributed by atoms with Crippen LogP contribution in [0.3, 0.4) is 0 Å². The van der Waals surface area contributed by atoms with Gasteiger partial charge in [-0.2, -0.15) is 0 Å². The maximum Gasteiger partial charge on any atom is 0.253 e. The number of halogens is 2. The zero-order valence-electron chi connectivity index (χ0n) is 28.0. The number of carbonyl (C=O) groups excluding carboxylic acids is 2. The molecule has 256 valence electrons. The zero-order chi connectivity index (χ0) is 34.6. The fourth-order valence-corrected chi connectivity index (χ4v) is 5.64. The fourth-order valence-electron chi connectivity index (χ4n) is 5.64. The van der Waals surface area contributed by atoms with E-state index in [-0.39, 0.29) is 35.9 Å². The number of hydrogen-bond donors (Lipinski definition) is 3. The van der Waals surface area contributed by atoms with Crippen molar-refractivity contribution in [3.63, 3.8) is 0 Å². The quantitative estimate of drug-likeness (QED) is 0.138. The Bertz CT molecular complexity index is 1620. The highest BCUT2D eigenvalue weighted by atomic mass is 19.1. The summed E-state index contributed by atoms with van der Waals surface area (Å²) in [5, 5.41) is 17.4. The molecule has 1 heterocycles. The summed E-state index contributed by atoms with van der Waals surface area (Å²) in [6, 6.07) is 15.0. The predicted molar refractivity (Wildman–Crippen MR) is 181 cm³/mol. The summed E-state index contributed by atoms with van der Waals surface area (Å²) in [5.74, 6) is -2.09. The third-order valence-electron chi connectivity index (χ3n) is 7.73. The zero-order valence-corrected chi connectivity index (χ0v) is 28.0. The van der Waals surface area contributed by atoms with Gasteiger partial charge in [0.05, 0.1) is 18.3 Å². The molecule has 0 saturated carbocycles. The van der Waals surface area contributed by atoms with E-state index in [1.807, 2.05) is 46.1 Å². The van der Waals surface area contributed by atoms with Crippen molar-refractivity contribution < 1.29 is 27.9 Å². The van der Waals surface area contributed by atoms with Gasteiger partial charge in [0.2, 0.25) is 5.89 Å². The minimum Gasteiger partial charge on any atom is -0.445 e. The molecule has 2 amide bonds. The van der Waals surface area contributed by atoms with Crippen molar-refractivity contribution in [1.82, 2.24) is 25.4 Å². The summed E-state index contributed by atoms with van der Waals surface area (Å²) in [4.78, 5) is 35.5. The molecule has 2 atom stereocenters. The molecule has 0 saturated heterocycles. The van der Waals surface area contributed by atoms with E-state index in [2.05, 4.69) is 26.6 Å². The number of aliphatic hydroxyl groups is 1. The van der Waals surface area contributed by atoms with E-state index < -0.39 is 29.7 Å². The lowest BCUT2D eigenvalue weighted by Gasteiger charge is -2.25. The SMILES string of the molecule is CCCN(CCC)C(=O)c1cc(C(=O)N[C@@H](Cc2cc(F)cc(F)c2)[C@H](O)CNCc2cccc(CN(C)C)c2)cc(-c2ncco2)c1. The summed E-state index contributed by atoms with van der Waals surface area (Å²) >= 11 is 0. The largest absolute Gasteiger partial charge is 0.445 e. The van der Waals surface area contributed by atoms with Gasteiger partial charge in [0.1, 0.15) is 17.9 Å². The summed E-state index contributed by atoms with van der Waals surface area (Å²) in [6.07, 6.45) is 3.24. The molecule has 0 fully saturated rings. The highest BCUT2D eigenvalue weighted by Gasteiger charge is 2.25. The van der Waals surface area contributed by atoms with Gasteiger partial charge < -0.3 is 30.0 Å². The van der Waals surface area contributed by atoms with Crippen LogP contribution >= 0.6 is 0 Å². The number of nitrogens with zero attached hydrogens (tertiary/aromatic N) is 3. The molecule has 0 aliphatic heterocycles. The van der Waals surface area contributed by atoms with Crippen molar-refractivity contribution in [3.05, 3.63) is 113 Å². The molecule has 0 unspecified atom stereocenters. The molecule has 4 aromatic rings. The molecule has 48 heavy (non-hydrogen) atoms. The second-order valence-corrected chi connectivity index (χ2v) is 12.2. The average Bonchev–Trinajstić information content (AvgIpc) is 3.59. The van der Waals surface area contributed by atoms with Gasteiger partial charge >= 0.3 is 0 Å². The average molecular weight is 662 g/mol. The van der Waals surface area contributed by atoms with Crippen LogP contribution in [0.15, 0.2) is 77.5 Å². The monoisotopic (exact) mass is 661 g/mol. The second kappa shape index (κ2) is 17.6. The molecule has 0 aliphatic rings. The standard InChI is InChI=1S/C37H45F2N5O4/c1-5-11-44(12-6-2)37(47)30-19-28(18-29(20-30)36-41-10-13-48-36)35(46)42-33(17-27-15-31(38)21-32(39)16-27)34(45)23-40-22-25-8-7-9-26(14-25)24-43(3)4/h7-10,13-16,18-21,33-34,40,45H,5-6,11-12,17,22-24H2,1-4H3,(H,42,46)/t33-,34+/m0/s1. The molecule has 1 aromatic heterocycles. The minimum atomic E-state index is -1.13. The summed E-state index contributed by atoms with van der Waals surface area (Å²) in [7, 11) is 3.99. The lowest BCUT2D eigenvalue weighted by atomic mass is 9.99. The van der Waals surface area contributed by atoms with E-state index in [0.717, 1.165) is 36.6 Å². The van der Waals surface area contributed by atoms with Crippen molar-refractivity contribution in [2.24, 2.45) is 0 Å². The van der Waals surface area contributed by atoms with Crippen molar-refractivity contribution in [2.45, 2.75) is 58.3 Å². The van der Waals surface area contributed by atoms with Crippen LogP contribution in [-0.4, -0.2) is 77.6 Å². The number of rotatable bonds is 17. The number of aromatic nitrogens is 1. The molecular formula is C37H45F2N5O4. The van der Waals surface area contributed by atoms with E-state index >= 15 is 0 Å². The molecule has 9 nitrogen and oxygen atoms in total. The maximum atomic E-state index is 14.1. The Kier molecular flexibility index (Phi) is 13.4. The van der Waals surface area contributed by atoms with Crippen LogP contribution in [0.25, 0.3) is 11.5 Å². The molecule has 3 aromatic carbocycles. The normalized spacial score (nSPS) is 12.6. The summed E-state index contributed by atoms with van der Waals surface area (Å²) < 4.78 is 33.7. The Morgan fingerprint density at radius 3 is 2.25 bits per heavy atom. The third kappa shape index (κ3) is 10.5. The van der Waals surface area contributed by atoms with E-state index in [1.165, 1.54) is 30.7 Å². The first-order chi connectivity index (χ1) is 23.1. The van der Waals surface area contributed by atoms with Crippen LogP contribution in [-0.2, 0) is 19.5 Å². The maximum absolute atomic E-state index is 14.1. The van der Waals surface area contributed by atoms with Gasteiger partial charge in [-0.15, -0.1) is 0 Å². The van der Waals surface area contributed by atoms with E-state index in [9.17, 15) is 23.5 Å². The third-order valence-corrected chi connectivity index (χ3v) is 7.73. The van der Waals surface area contributed by atoms with Crippen LogP contribution in [0.4, 0.5) is 8.78 Å². The molecule has 0 bridgehead atoms. The highest BCUT2D eigenvalue weighted by Crippen LogP contribution is 2.23. The number of benzene rings is 3. The summed E-state index contributed by atoms with van der Waals surface area (Å²) in [5.41, 5.74) is 3.32. The Morgan fingerprint density at radius 1 is 0.917 bits per heavy atom. The molecular weight excluding hydrogens is 616 g/mol. The second-order valence-electron chi connectivity index (χ2n) is 12.2. The number of carbonyl (C=O) groups is 2. The Balaban J connectivity index is 1.59. The number of aliphatic hydroxyl groups excluding tert-OH is 1. The topological polar surface area (TPSA) is 111 Å². The van der Waals surface area contributed by atoms with E-state index in [4.69, 9.17) is 4.42 Å². The van der Waals surface area contributed by atoms with E-state index in [1.54, 1.807) is 17.0 Å². The van der Waals surface area contributed by atoms with Crippen molar-refractivity contribution >= 4 is 11.8 Å². The molecule has 0 aliphatic carbocycles. The van der Waals surface area contributed by atoms with Gasteiger partial charge in [-0.1, -0.05) is 38.1 Å². The predicted octanol–water partition coefficient (Wildman–Crippen LogP) is 5.44. The van der Waals surface area contributed by atoms with Gasteiger partial charge in [-0.25, -0.2) is 13.8 Å². The van der Waals surface area contributed by atoms with E-state index in [0.29, 0.717) is 30.8 Å². The van der Waals surface area contributed by atoms with Crippen LogP contribution < -0.4 is 10.6 Å². The molecule has 4 rings (SSSR count). The van der Waals surface area contributed by atoms with Crippen LogP contribution in [0.5, 0.6) is 0 Å². The first-order valence-corrected chi connectivity index (χ1v) is 16.3. The van der Waals surface area contributed by atoms with Gasteiger partial charge in [0, 0.05) is 55.5 Å². The molecule has 0 spiro atoms. The van der Waals surface area contributed by atoms with Crippen molar-refractivity contribution in [3.8, 4) is 11.5 Å². The molecule has 3 N–H and O–H groups in total. The first kappa shape index (κ1) is 36.4. The Labute approximate surface area is 281 Å². The number of oxazole rings is 1. The lowest BCUT2D eigenvalue weighted by molar-refractivity contribution is 0.0755. The number of hydrogen-bond acceptors (Lipinski definition) is 7. The smallest absolute Gasteiger partial charge is 0.253 e. The van der Waals surface area contributed by atoms with Crippen molar-refractivity contribution in [1.29, 1.82) is 0 Å². The first-order valence-electron chi connectivity index (χ1n) is 16.3. The van der Waals surface area contributed by atoms with Crippen LogP contribution in [0.1, 0.15) is 64.1 Å². The van der Waals surface area contributed by atoms with Gasteiger partial charge in [0.25, 0.3) is 11.8 Å². The van der Waals surface area contributed by atoms with Crippen LogP contribution in [0, 0.1) is 11.6 Å². The Hall–Kier alpha value is -4.45. The minimum absolute atomic E-state index is 0.0480. The van der Waals surface area contributed by atoms with Gasteiger partial charge in [-0.3, -0.25) is 9.59 Å².